The maximum Gasteiger partial charge on any atom is 0.416 e. The summed E-state index contributed by atoms with van der Waals surface area (Å²) in [5.41, 5.74) is 0.370. The SMILES string of the molecule is CCCC(C)C(Cc1ccc(C(F)(F)F)cc1)NCC. The minimum Gasteiger partial charge on any atom is -0.314 e. The molecular formula is C16H24F3N. The van der Waals surface area contributed by atoms with Crippen molar-refractivity contribution < 1.29 is 13.2 Å². The van der Waals surface area contributed by atoms with Gasteiger partial charge in [0, 0.05) is 6.04 Å². The summed E-state index contributed by atoms with van der Waals surface area (Å²) >= 11 is 0. The smallest absolute Gasteiger partial charge is 0.314 e. The van der Waals surface area contributed by atoms with E-state index in [1.165, 1.54) is 12.1 Å². The van der Waals surface area contributed by atoms with Gasteiger partial charge in [0.2, 0.25) is 0 Å². The van der Waals surface area contributed by atoms with Crippen LogP contribution >= 0.6 is 0 Å². The molecule has 4 heteroatoms. The van der Waals surface area contributed by atoms with Crippen molar-refractivity contribution >= 4 is 0 Å². The first-order valence-electron chi connectivity index (χ1n) is 7.28. The molecule has 0 aliphatic rings. The Morgan fingerprint density at radius 3 is 2.15 bits per heavy atom. The molecule has 0 aliphatic carbocycles. The molecule has 2 unspecified atom stereocenters. The zero-order valence-electron chi connectivity index (χ0n) is 12.4. The molecule has 0 radical (unpaired) electrons. The Morgan fingerprint density at radius 2 is 1.70 bits per heavy atom. The fourth-order valence-corrected chi connectivity index (χ4v) is 2.48. The van der Waals surface area contributed by atoms with Gasteiger partial charge in [-0.2, -0.15) is 13.2 Å². The molecule has 0 saturated carbocycles. The van der Waals surface area contributed by atoms with Gasteiger partial charge in [-0.3, -0.25) is 0 Å². The second-order valence-electron chi connectivity index (χ2n) is 5.33. The van der Waals surface area contributed by atoms with E-state index >= 15 is 0 Å². The largest absolute Gasteiger partial charge is 0.416 e. The van der Waals surface area contributed by atoms with E-state index in [0.29, 0.717) is 12.0 Å². The average Bonchev–Trinajstić information content (AvgIpc) is 2.38. The Labute approximate surface area is 119 Å². The molecule has 0 fully saturated rings. The van der Waals surface area contributed by atoms with Crippen molar-refractivity contribution in [3.63, 3.8) is 0 Å². The summed E-state index contributed by atoms with van der Waals surface area (Å²) in [4.78, 5) is 0. The second kappa shape index (κ2) is 7.67. The Balaban J connectivity index is 2.73. The van der Waals surface area contributed by atoms with E-state index in [0.717, 1.165) is 31.4 Å². The normalized spacial score (nSPS) is 15.1. The minimum atomic E-state index is -4.25. The van der Waals surface area contributed by atoms with Crippen molar-refractivity contribution in [2.45, 2.75) is 52.3 Å². The van der Waals surface area contributed by atoms with E-state index in [-0.39, 0.29) is 0 Å². The van der Waals surface area contributed by atoms with Crippen LogP contribution in [0.25, 0.3) is 0 Å². The van der Waals surface area contributed by atoms with Crippen molar-refractivity contribution in [3.05, 3.63) is 35.4 Å². The third kappa shape index (κ3) is 5.16. The van der Waals surface area contributed by atoms with Crippen LogP contribution in [0.4, 0.5) is 13.2 Å². The monoisotopic (exact) mass is 287 g/mol. The Bertz CT molecular complexity index is 384. The molecule has 0 amide bonds. The van der Waals surface area contributed by atoms with Gasteiger partial charge < -0.3 is 5.32 Å². The predicted octanol–water partition coefficient (Wildman–Crippen LogP) is 4.66. The van der Waals surface area contributed by atoms with Crippen LogP contribution in [0.1, 0.15) is 44.7 Å². The highest BCUT2D eigenvalue weighted by Crippen LogP contribution is 2.29. The maximum atomic E-state index is 12.5. The summed E-state index contributed by atoms with van der Waals surface area (Å²) < 4.78 is 37.6. The summed E-state index contributed by atoms with van der Waals surface area (Å²) in [5.74, 6) is 0.516. The molecule has 1 N–H and O–H groups in total. The second-order valence-corrected chi connectivity index (χ2v) is 5.33. The summed E-state index contributed by atoms with van der Waals surface area (Å²) in [6.07, 6.45) is -1.24. The molecule has 2 atom stereocenters. The topological polar surface area (TPSA) is 12.0 Å². The molecule has 1 aromatic rings. The Hall–Kier alpha value is -1.03. The van der Waals surface area contributed by atoms with E-state index in [9.17, 15) is 13.2 Å². The van der Waals surface area contributed by atoms with E-state index in [4.69, 9.17) is 0 Å². The van der Waals surface area contributed by atoms with Crippen LogP contribution in [0.5, 0.6) is 0 Å². The lowest BCUT2D eigenvalue weighted by atomic mass is 9.91. The van der Waals surface area contributed by atoms with Gasteiger partial charge >= 0.3 is 6.18 Å². The maximum absolute atomic E-state index is 12.5. The van der Waals surface area contributed by atoms with Crippen LogP contribution in [0.2, 0.25) is 0 Å². The average molecular weight is 287 g/mol. The number of hydrogen-bond acceptors (Lipinski definition) is 1. The first-order valence-corrected chi connectivity index (χ1v) is 7.28. The number of nitrogens with one attached hydrogen (secondary N) is 1. The summed E-state index contributed by atoms with van der Waals surface area (Å²) in [6.45, 7) is 7.27. The summed E-state index contributed by atoms with van der Waals surface area (Å²) in [7, 11) is 0. The van der Waals surface area contributed by atoms with Crippen molar-refractivity contribution in [3.8, 4) is 0 Å². The van der Waals surface area contributed by atoms with Gasteiger partial charge in [0.15, 0.2) is 0 Å². The molecule has 0 heterocycles. The van der Waals surface area contributed by atoms with Crippen LogP contribution in [0.3, 0.4) is 0 Å². The lowest BCUT2D eigenvalue weighted by molar-refractivity contribution is -0.137. The van der Waals surface area contributed by atoms with Gasteiger partial charge in [0.05, 0.1) is 5.56 Å². The molecule has 20 heavy (non-hydrogen) atoms. The third-order valence-corrected chi connectivity index (χ3v) is 3.63. The lowest BCUT2D eigenvalue weighted by Gasteiger charge is -2.25. The summed E-state index contributed by atoms with van der Waals surface area (Å²) in [6, 6.07) is 5.83. The molecule has 0 spiro atoms. The van der Waals surface area contributed by atoms with Crippen LogP contribution in [-0.2, 0) is 12.6 Å². The Kier molecular flexibility index (Phi) is 6.53. The van der Waals surface area contributed by atoms with Crippen molar-refractivity contribution in [1.82, 2.24) is 5.32 Å². The summed E-state index contributed by atoms with van der Waals surface area (Å²) in [5, 5.41) is 3.44. The Morgan fingerprint density at radius 1 is 1.10 bits per heavy atom. The fraction of sp³-hybridized carbons (Fsp3) is 0.625. The van der Waals surface area contributed by atoms with Crippen LogP contribution in [-0.4, -0.2) is 12.6 Å². The molecule has 0 saturated heterocycles. The molecule has 0 bridgehead atoms. The number of hydrogen-bond donors (Lipinski definition) is 1. The minimum absolute atomic E-state index is 0.316. The quantitative estimate of drug-likeness (QED) is 0.769. The first kappa shape index (κ1) is 17.0. The van der Waals surface area contributed by atoms with Gasteiger partial charge in [-0.25, -0.2) is 0 Å². The molecule has 114 valence electrons. The molecule has 0 aromatic heterocycles. The van der Waals surface area contributed by atoms with Gasteiger partial charge in [-0.15, -0.1) is 0 Å². The zero-order valence-corrected chi connectivity index (χ0v) is 12.4. The highest BCUT2D eigenvalue weighted by Gasteiger charge is 2.30. The predicted molar refractivity (Wildman–Crippen MR) is 76.7 cm³/mol. The first-order chi connectivity index (χ1) is 9.38. The number of rotatable bonds is 7. The van der Waals surface area contributed by atoms with Crippen LogP contribution in [0, 0.1) is 5.92 Å². The number of halogens is 3. The number of likely N-dealkylation sites (N-methyl/N-ethyl adjacent to an activating group) is 1. The fourth-order valence-electron chi connectivity index (χ4n) is 2.48. The van der Waals surface area contributed by atoms with Gasteiger partial charge in [0.25, 0.3) is 0 Å². The van der Waals surface area contributed by atoms with Crippen molar-refractivity contribution in [2.24, 2.45) is 5.92 Å². The van der Waals surface area contributed by atoms with Crippen molar-refractivity contribution in [1.29, 1.82) is 0 Å². The molecule has 1 nitrogen and oxygen atoms in total. The van der Waals surface area contributed by atoms with Gasteiger partial charge in [0.1, 0.15) is 0 Å². The van der Waals surface area contributed by atoms with E-state index in [2.05, 4.69) is 26.1 Å². The zero-order chi connectivity index (χ0) is 15.2. The molecular weight excluding hydrogens is 263 g/mol. The van der Waals surface area contributed by atoms with E-state index in [1.807, 2.05) is 0 Å². The number of alkyl halides is 3. The molecule has 1 rings (SSSR count). The highest BCUT2D eigenvalue weighted by molar-refractivity contribution is 5.25. The van der Waals surface area contributed by atoms with E-state index in [1.54, 1.807) is 12.1 Å². The van der Waals surface area contributed by atoms with Crippen LogP contribution < -0.4 is 5.32 Å². The van der Waals surface area contributed by atoms with Gasteiger partial charge in [-0.05, 0) is 43.0 Å². The molecule has 1 aromatic carbocycles. The van der Waals surface area contributed by atoms with E-state index < -0.39 is 11.7 Å². The third-order valence-electron chi connectivity index (χ3n) is 3.63. The van der Waals surface area contributed by atoms with Gasteiger partial charge in [-0.1, -0.05) is 39.3 Å². The molecule has 0 aliphatic heterocycles. The number of benzene rings is 1. The highest BCUT2D eigenvalue weighted by atomic mass is 19.4. The van der Waals surface area contributed by atoms with Crippen molar-refractivity contribution in [2.75, 3.05) is 6.54 Å². The lowest BCUT2D eigenvalue weighted by Crippen LogP contribution is -2.36. The standard InChI is InChI=1S/C16H24F3N/c1-4-6-12(3)15(20-5-2)11-13-7-9-14(10-8-13)16(17,18)19/h7-10,12,15,20H,4-6,11H2,1-3H3. The van der Waals surface area contributed by atoms with Crippen LogP contribution in [0.15, 0.2) is 24.3 Å².